The van der Waals surface area contributed by atoms with Crippen molar-refractivity contribution in [1.29, 1.82) is 0 Å². The van der Waals surface area contributed by atoms with Crippen LogP contribution in [0.2, 0.25) is 0 Å². The Labute approximate surface area is 137 Å². The zero-order valence-electron chi connectivity index (χ0n) is 13.0. The summed E-state index contributed by atoms with van der Waals surface area (Å²) in [5, 5.41) is 0.192. The van der Waals surface area contributed by atoms with Crippen LogP contribution in [-0.4, -0.2) is 53.0 Å². The average molecular weight is 316 g/mol. The highest BCUT2D eigenvalue weighted by Gasteiger charge is 2.29. The molecular weight excluding hydrogens is 292 g/mol. The van der Waals surface area contributed by atoms with Crippen LogP contribution in [0.1, 0.15) is 24.8 Å². The largest absolute Gasteiger partial charge is 0.325 e. The van der Waals surface area contributed by atoms with E-state index in [-0.39, 0.29) is 11.3 Å². The molecule has 1 aromatic rings. The molecule has 1 aromatic carbocycles. The Kier molecular flexibility index (Phi) is 5.57. The first kappa shape index (κ1) is 15.6. The van der Waals surface area contributed by atoms with Gasteiger partial charge in [0.05, 0.1) is 11.1 Å². The van der Waals surface area contributed by atoms with Gasteiger partial charge in [-0.1, -0.05) is 48.9 Å². The van der Waals surface area contributed by atoms with Crippen LogP contribution in [-0.2, 0) is 4.79 Å². The summed E-state index contributed by atoms with van der Waals surface area (Å²) in [5.74, 6) is 0.897. The fourth-order valence-corrected chi connectivity index (χ4v) is 4.14. The zero-order chi connectivity index (χ0) is 15.2. The van der Waals surface area contributed by atoms with E-state index < -0.39 is 0 Å². The van der Waals surface area contributed by atoms with Gasteiger partial charge in [0.1, 0.15) is 0 Å². The second-order valence-electron chi connectivity index (χ2n) is 5.96. The molecule has 22 heavy (non-hydrogen) atoms. The number of amides is 1. The molecule has 3 rings (SSSR count). The summed E-state index contributed by atoms with van der Waals surface area (Å²) < 4.78 is 0. The molecule has 3 nitrogen and oxygen atoms in total. The van der Waals surface area contributed by atoms with Crippen LogP contribution >= 0.6 is 11.8 Å². The Morgan fingerprint density at radius 1 is 1.09 bits per heavy atom. The fraction of sp³-hybridized carbons (Fsp3) is 0.500. The number of benzene rings is 1. The average Bonchev–Trinajstić information content (AvgIpc) is 2.93. The van der Waals surface area contributed by atoms with E-state index in [0.29, 0.717) is 5.75 Å². The Bertz CT molecular complexity index is 511. The van der Waals surface area contributed by atoms with E-state index in [0.717, 1.165) is 13.1 Å². The highest BCUT2D eigenvalue weighted by atomic mass is 32.2. The number of thioether (sulfide) groups is 1. The van der Waals surface area contributed by atoms with Crippen LogP contribution in [0.3, 0.4) is 0 Å². The molecule has 0 aliphatic carbocycles. The quantitative estimate of drug-likeness (QED) is 0.834. The number of carbonyl (C=O) groups is 1. The van der Waals surface area contributed by atoms with Gasteiger partial charge in [0, 0.05) is 13.1 Å². The first-order valence-corrected chi connectivity index (χ1v) is 9.24. The summed E-state index contributed by atoms with van der Waals surface area (Å²) in [4.78, 5) is 16.7. The van der Waals surface area contributed by atoms with Crippen LogP contribution in [0, 0.1) is 0 Å². The van der Waals surface area contributed by atoms with Gasteiger partial charge in [-0.25, -0.2) is 0 Å². The van der Waals surface area contributed by atoms with Gasteiger partial charge in [0.2, 0.25) is 5.91 Å². The first-order chi connectivity index (χ1) is 10.8. The molecule has 4 heteroatoms. The smallest absolute Gasteiger partial charge is 0.233 e. The minimum absolute atomic E-state index is 0.192. The molecule has 1 atom stereocenters. The number of carbonyl (C=O) groups excluding carboxylic acids is 1. The summed E-state index contributed by atoms with van der Waals surface area (Å²) in [6.45, 7) is 4.26. The molecular formula is C18H24N2OS. The lowest BCUT2D eigenvalue weighted by Crippen LogP contribution is -2.41. The Hall–Kier alpha value is -1.26. The number of likely N-dealkylation sites (tertiary alicyclic amines) is 1. The van der Waals surface area contributed by atoms with Crippen molar-refractivity contribution >= 4 is 23.7 Å². The lowest BCUT2D eigenvalue weighted by molar-refractivity contribution is -0.127. The third kappa shape index (κ3) is 4.14. The molecule has 0 aromatic heterocycles. The second-order valence-corrected chi connectivity index (χ2v) is 7.07. The number of nitrogens with zero attached hydrogens (tertiary/aromatic N) is 2. The summed E-state index contributed by atoms with van der Waals surface area (Å²) in [6.07, 6.45) is 8.27. The van der Waals surface area contributed by atoms with Gasteiger partial charge in [0.15, 0.2) is 0 Å². The zero-order valence-corrected chi connectivity index (χ0v) is 13.8. The summed E-state index contributed by atoms with van der Waals surface area (Å²) in [7, 11) is 0. The van der Waals surface area contributed by atoms with Crippen molar-refractivity contribution in [2.24, 2.45) is 0 Å². The van der Waals surface area contributed by atoms with Crippen LogP contribution in [0.15, 0.2) is 36.4 Å². The Morgan fingerprint density at radius 3 is 2.64 bits per heavy atom. The van der Waals surface area contributed by atoms with Crippen LogP contribution in [0.4, 0.5) is 0 Å². The van der Waals surface area contributed by atoms with E-state index in [2.05, 4.69) is 29.2 Å². The lowest BCUT2D eigenvalue weighted by atomic mass is 10.1. The minimum Gasteiger partial charge on any atom is -0.325 e. The molecule has 0 spiro atoms. The van der Waals surface area contributed by atoms with Crippen molar-refractivity contribution in [2.75, 3.05) is 31.9 Å². The minimum atomic E-state index is 0.192. The van der Waals surface area contributed by atoms with E-state index in [1.54, 1.807) is 11.8 Å². The van der Waals surface area contributed by atoms with Gasteiger partial charge in [-0.3, -0.25) is 4.79 Å². The molecule has 2 saturated heterocycles. The highest BCUT2D eigenvalue weighted by molar-refractivity contribution is 8.01. The molecule has 1 amide bonds. The molecule has 0 radical (unpaired) electrons. The SMILES string of the molecule is O=C1CSC(C=Cc2ccccc2)N1CCN1CCCCC1. The lowest BCUT2D eigenvalue weighted by Gasteiger charge is -2.29. The molecule has 0 bridgehead atoms. The third-order valence-electron chi connectivity index (χ3n) is 4.36. The fourth-order valence-electron chi connectivity index (χ4n) is 3.07. The van der Waals surface area contributed by atoms with E-state index >= 15 is 0 Å². The molecule has 1 unspecified atom stereocenters. The molecule has 118 valence electrons. The predicted molar refractivity (Wildman–Crippen MR) is 93.7 cm³/mol. The molecule has 0 N–H and O–H groups in total. The van der Waals surface area contributed by atoms with Crippen molar-refractivity contribution < 1.29 is 4.79 Å². The van der Waals surface area contributed by atoms with Crippen molar-refractivity contribution in [3.63, 3.8) is 0 Å². The van der Waals surface area contributed by atoms with Gasteiger partial charge in [-0.15, -0.1) is 11.8 Å². The first-order valence-electron chi connectivity index (χ1n) is 8.19. The molecule has 2 aliphatic heterocycles. The van der Waals surface area contributed by atoms with Gasteiger partial charge in [-0.05, 0) is 31.5 Å². The van der Waals surface area contributed by atoms with Gasteiger partial charge >= 0.3 is 0 Å². The number of rotatable bonds is 5. The topological polar surface area (TPSA) is 23.6 Å². The van der Waals surface area contributed by atoms with E-state index in [4.69, 9.17) is 0 Å². The van der Waals surface area contributed by atoms with Crippen LogP contribution < -0.4 is 0 Å². The standard InChI is InChI=1S/C18H24N2OS/c21-17-15-22-18(10-9-16-7-3-1-4-8-16)20(17)14-13-19-11-5-2-6-12-19/h1,3-4,7-10,18H,2,5-6,11-15H2. The summed E-state index contributed by atoms with van der Waals surface area (Å²) >= 11 is 1.74. The maximum Gasteiger partial charge on any atom is 0.233 e. The van der Waals surface area contributed by atoms with Gasteiger partial charge in [-0.2, -0.15) is 0 Å². The third-order valence-corrected chi connectivity index (χ3v) is 5.53. The monoisotopic (exact) mass is 316 g/mol. The van der Waals surface area contributed by atoms with E-state index in [1.165, 1.54) is 37.9 Å². The van der Waals surface area contributed by atoms with Gasteiger partial charge in [0.25, 0.3) is 0 Å². The van der Waals surface area contributed by atoms with Crippen molar-refractivity contribution in [2.45, 2.75) is 24.6 Å². The molecule has 2 aliphatic rings. The van der Waals surface area contributed by atoms with Crippen LogP contribution in [0.25, 0.3) is 6.08 Å². The number of hydrogen-bond donors (Lipinski definition) is 0. The van der Waals surface area contributed by atoms with E-state index in [9.17, 15) is 4.79 Å². The summed E-state index contributed by atoms with van der Waals surface area (Å²) in [5.41, 5.74) is 1.19. The maximum atomic E-state index is 12.1. The normalized spacial score (nSPS) is 23.5. The predicted octanol–water partition coefficient (Wildman–Crippen LogP) is 3.09. The number of piperidine rings is 1. The Balaban J connectivity index is 1.56. The molecule has 2 fully saturated rings. The highest BCUT2D eigenvalue weighted by Crippen LogP contribution is 2.26. The molecule has 2 heterocycles. The maximum absolute atomic E-state index is 12.1. The van der Waals surface area contributed by atoms with E-state index in [1.807, 2.05) is 23.1 Å². The van der Waals surface area contributed by atoms with Crippen molar-refractivity contribution in [3.05, 3.63) is 42.0 Å². The summed E-state index contributed by atoms with van der Waals surface area (Å²) in [6, 6.07) is 10.3. The van der Waals surface area contributed by atoms with Gasteiger partial charge < -0.3 is 9.80 Å². The second kappa shape index (κ2) is 7.84. The van der Waals surface area contributed by atoms with Crippen LogP contribution in [0.5, 0.6) is 0 Å². The molecule has 0 saturated carbocycles. The van der Waals surface area contributed by atoms with Crippen molar-refractivity contribution in [1.82, 2.24) is 9.80 Å². The van der Waals surface area contributed by atoms with Crippen molar-refractivity contribution in [3.8, 4) is 0 Å². The Morgan fingerprint density at radius 2 is 1.86 bits per heavy atom. The number of hydrogen-bond acceptors (Lipinski definition) is 3.